The van der Waals surface area contributed by atoms with Gasteiger partial charge in [-0.3, -0.25) is 9.59 Å². The molecule has 4 atom stereocenters. The molecule has 2 aliphatic carbocycles. The second-order valence-corrected chi connectivity index (χ2v) is 7.19. The highest BCUT2D eigenvalue weighted by atomic mass is 16.5. The highest BCUT2D eigenvalue weighted by Crippen LogP contribution is 2.49. The van der Waals surface area contributed by atoms with Crippen molar-refractivity contribution in [2.75, 3.05) is 0 Å². The molecule has 0 N–H and O–H groups in total. The van der Waals surface area contributed by atoms with Crippen molar-refractivity contribution < 1.29 is 19.1 Å². The van der Waals surface area contributed by atoms with Crippen LogP contribution in [0.2, 0.25) is 0 Å². The Bertz CT molecular complexity index is 758. The molecule has 2 bridgehead atoms. The fourth-order valence-electron chi connectivity index (χ4n) is 4.11. The van der Waals surface area contributed by atoms with Crippen LogP contribution in [0.5, 0.6) is 0 Å². The molecule has 0 unspecified atom stereocenters. The first-order chi connectivity index (χ1) is 13.2. The van der Waals surface area contributed by atoms with E-state index in [9.17, 15) is 9.59 Å². The van der Waals surface area contributed by atoms with Crippen LogP contribution in [-0.2, 0) is 32.3 Å². The Morgan fingerprint density at radius 1 is 0.704 bits per heavy atom. The standard InChI is InChI=1S/C23H22O4/c24-22(26-14-16-7-3-1-4-8-16)20-18-11-12-19(13-18)21(20)23(25)27-15-17-9-5-2-6-10-17/h1-12,18-21H,13-15H2/t18-,19+,20-,21+. The molecular weight excluding hydrogens is 340 g/mol. The summed E-state index contributed by atoms with van der Waals surface area (Å²) in [4.78, 5) is 25.5. The summed E-state index contributed by atoms with van der Waals surface area (Å²) in [5.74, 6) is -1.39. The van der Waals surface area contributed by atoms with Gasteiger partial charge in [-0.05, 0) is 29.4 Å². The van der Waals surface area contributed by atoms with E-state index in [0.717, 1.165) is 17.5 Å². The number of carbonyl (C=O) groups is 2. The van der Waals surface area contributed by atoms with Crippen molar-refractivity contribution in [3.63, 3.8) is 0 Å². The lowest BCUT2D eigenvalue weighted by molar-refractivity contribution is -0.162. The molecule has 0 aromatic heterocycles. The van der Waals surface area contributed by atoms with E-state index in [2.05, 4.69) is 0 Å². The van der Waals surface area contributed by atoms with Crippen LogP contribution in [0.3, 0.4) is 0 Å². The van der Waals surface area contributed by atoms with Gasteiger partial charge < -0.3 is 9.47 Å². The van der Waals surface area contributed by atoms with Crippen molar-refractivity contribution in [1.29, 1.82) is 0 Å². The van der Waals surface area contributed by atoms with Crippen LogP contribution in [-0.4, -0.2) is 11.9 Å². The molecule has 2 aliphatic rings. The molecule has 4 rings (SSSR count). The molecule has 0 spiro atoms. The zero-order valence-electron chi connectivity index (χ0n) is 15.0. The third-order valence-corrected chi connectivity index (χ3v) is 5.45. The number of benzene rings is 2. The van der Waals surface area contributed by atoms with Gasteiger partial charge >= 0.3 is 11.9 Å². The summed E-state index contributed by atoms with van der Waals surface area (Å²) < 4.78 is 11.1. The topological polar surface area (TPSA) is 52.6 Å². The number of rotatable bonds is 6. The first kappa shape index (κ1) is 17.5. The van der Waals surface area contributed by atoms with Crippen molar-refractivity contribution in [2.45, 2.75) is 19.6 Å². The van der Waals surface area contributed by atoms with E-state index < -0.39 is 11.8 Å². The highest BCUT2D eigenvalue weighted by molar-refractivity contribution is 5.84. The first-order valence-electron chi connectivity index (χ1n) is 9.32. The highest BCUT2D eigenvalue weighted by Gasteiger charge is 2.53. The Kier molecular flexibility index (Phi) is 5.05. The van der Waals surface area contributed by atoms with Gasteiger partial charge in [-0.2, -0.15) is 0 Å². The van der Waals surface area contributed by atoms with Gasteiger partial charge in [0.25, 0.3) is 0 Å². The maximum atomic E-state index is 12.7. The van der Waals surface area contributed by atoms with E-state index in [1.54, 1.807) is 0 Å². The molecule has 0 radical (unpaired) electrons. The van der Waals surface area contributed by atoms with Gasteiger partial charge in [-0.15, -0.1) is 0 Å². The van der Waals surface area contributed by atoms with Crippen molar-refractivity contribution >= 4 is 11.9 Å². The van der Waals surface area contributed by atoms with E-state index in [1.807, 2.05) is 72.8 Å². The molecule has 2 aromatic rings. The number of hydrogen-bond acceptors (Lipinski definition) is 4. The van der Waals surface area contributed by atoms with Crippen LogP contribution < -0.4 is 0 Å². The second kappa shape index (κ2) is 7.78. The van der Waals surface area contributed by atoms with Gasteiger partial charge in [-0.25, -0.2) is 0 Å². The molecule has 0 aliphatic heterocycles. The minimum atomic E-state index is -0.452. The molecule has 1 fully saturated rings. The number of allylic oxidation sites excluding steroid dienone is 2. The third kappa shape index (κ3) is 3.80. The average Bonchev–Trinajstić information content (AvgIpc) is 3.33. The van der Waals surface area contributed by atoms with E-state index in [1.165, 1.54) is 0 Å². The molecule has 27 heavy (non-hydrogen) atoms. The van der Waals surface area contributed by atoms with E-state index in [-0.39, 0.29) is 37.0 Å². The van der Waals surface area contributed by atoms with E-state index in [0.29, 0.717) is 0 Å². The molecule has 0 saturated heterocycles. The number of carbonyl (C=O) groups excluding carboxylic acids is 2. The summed E-state index contributed by atoms with van der Waals surface area (Å²) >= 11 is 0. The number of esters is 2. The Morgan fingerprint density at radius 3 is 1.52 bits per heavy atom. The molecule has 2 aromatic carbocycles. The largest absolute Gasteiger partial charge is 0.461 e. The zero-order chi connectivity index (χ0) is 18.6. The number of fused-ring (bicyclic) bond motifs is 2. The minimum Gasteiger partial charge on any atom is -0.461 e. The SMILES string of the molecule is O=C(OCc1ccccc1)[C@@H]1[C@H](C(=O)OCc2ccccc2)[C@@H]2C=C[C@H]1C2. The van der Waals surface area contributed by atoms with Gasteiger partial charge in [0.1, 0.15) is 13.2 Å². The van der Waals surface area contributed by atoms with E-state index >= 15 is 0 Å². The fourth-order valence-corrected chi connectivity index (χ4v) is 4.11. The Morgan fingerprint density at radius 2 is 1.11 bits per heavy atom. The zero-order valence-corrected chi connectivity index (χ0v) is 15.0. The normalized spacial score (nSPS) is 25.3. The maximum absolute atomic E-state index is 12.7. The van der Waals surface area contributed by atoms with Gasteiger partial charge in [0.2, 0.25) is 0 Å². The first-order valence-corrected chi connectivity index (χ1v) is 9.32. The third-order valence-electron chi connectivity index (χ3n) is 5.45. The van der Waals surface area contributed by atoms with Gasteiger partial charge in [-0.1, -0.05) is 72.8 Å². The molecule has 138 valence electrons. The molecule has 0 heterocycles. The molecule has 4 nitrogen and oxygen atoms in total. The lowest BCUT2D eigenvalue weighted by Crippen LogP contribution is -2.35. The lowest BCUT2D eigenvalue weighted by atomic mass is 9.83. The van der Waals surface area contributed by atoms with Crippen LogP contribution in [0.1, 0.15) is 17.5 Å². The van der Waals surface area contributed by atoms with Crippen LogP contribution >= 0.6 is 0 Å². The molecule has 4 heteroatoms. The quantitative estimate of drug-likeness (QED) is 0.577. The summed E-state index contributed by atoms with van der Waals surface area (Å²) in [6, 6.07) is 19.1. The van der Waals surface area contributed by atoms with Crippen LogP contribution in [0.15, 0.2) is 72.8 Å². The van der Waals surface area contributed by atoms with Crippen LogP contribution in [0.4, 0.5) is 0 Å². The average molecular weight is 362 g/mol. The molecule has 0 amide bonds. The van der Waals surface area contributed by atoms with Crippen LogP contribution in [0, 0.1) is 23.7 Å². The minimum absolute atomic E-state index is 0.0625. The summed E-state index contributed by atoms with van der Waals surface area (Å²) in [7, 11) is 0. The van der Waals surface area contributed by atoms with Gasteiger partial charge in [0.05, 0.1) is 11.8 Å². The van der Waals surface area contributed by atoms with Crippen molar-refractivity contribution in [2.24, 2.45) is 23.7 Å². The molecular formula is C23H22O4. The number of ether oxygens (including phenoxy) is 2. The van der Waals surface area contributed by atoms with Crippen molar-refractivity contribution in [1.82, 2.24) is 0 Å². The van der Waals surface area contributed by atoms with Crippen molar-refractivity contribution in [3.05, 3.63) is 83.9 Å². The van der Waals surface area contributed by atoms with E-state index in [4.69, 9.17) is 9.47 Å². The second-order valence-electron chi connectivity index (χ2n) is 7.19. The Hall–Kier alpha value is -2.88. The summed E-state index contributed by atoms with van der Waals surface area (Å²) in [5.41, 5.74) is 1.88. The fraction of sp³-hybridized carbons (Fsp3) is 0.304. The van der Waals surface area contributed by atoms with Gasteiger partial charge in [0.15, 0.2) is 0 Å². The monoisotopic (exact) mass is 362 g/mol. The summed E-state index contributed by atoms with van der Waals surface area (Å²) in [6.45, 7) is 0.451. The summed E-state index contributed by atoms with van der Waals surface area (Å²) in [5, 5.41) is 0. The maximum Gasteiger partial charge on any atom is 0.310 e. The molecule has 1 saturated carbocycles. The Labute approximate surface area is 158 Å². The summed E-state index contributed by atoms with van der Waals surface area (Å²) in [6.07, 6.45) is 4.90. The van der Waals surface area contributed by atoms with Gasteiger partial charge in [0, 0.05) is 0 Å². The Balaban J connectivity index is 1.40. The number of hydrogen-bond donors (Lipinski definition) is 0. The van der Waals surface area contributed by atoms with Crippen LogP contribution in [0.25, 0.3) is 0 Å². The van der Waals surface area contributed by atoms with Crippen molar-refractivity contribution in [3.8, 4) is 0 Å². The lowest BCUT2D eigenvalue weighted by Gasteiger charge is -2.25. The smallest absolute Gasteiger partial charge is 0.310 e. The predicted octanol–water partition coefficient (Wildman–Crippen LogP) is 3.91. The predicted molar refractivity (Wildman–Crippen MR) is 100 cm³/mol.